The van der Waals surface area contributed by atoms with Gasteiger partial charge in [-0.15, -0.1) is 0 Å². The average molecular weight is 606 g/mol. The maximum Gasteiger partial charge on any atom is 1.00 e. The van der Waals surface area contributed by atoms with E-state index in [1.807, 2.05) is 49.5 Å². The minimum Gasteiger partial charge on any atom is -1.00 e. The molecule has 10 nitrogen and oxygen atoms in total. The van der Waals surface area contributed by atoms with Gasteiger partial charge in [-0.2, -0.15) is 0 Å². The quantitative estimate of drug-likeness (QED) is 0.332. The first-order valence-corrected chi connectivity index (χ1v) is 15.1. The minimum absolute atomic E-state index is 0. The number of fused-ring (bicyclic) bond motifs is 5. The Kier molecular flexibility index (Phi) is 7.11. The Morgan fingerprint density at radius 2 is 1.98 bits per heavy atom. The molecule has 11 heteroatoms. The fraction of sp³-hybridized carbons (Fsp3) is 0.424. The molecule has 1 aliphatic carbocycles. The molecule has 3 saturated heterocycles. The number of H-pyrrole nitrogens is 1. The second-order valence-electron chi connectivity index (χ2n) is 12.8. The molecule has 0 saturated carbocycles. The van der Waals surface area contributed by atoms with Gasteiger partial charge < -0.3 is 21.7 Å². The number of amides is 3. The number of nitrogens with zero attached hydrogens (tertiary/aromatic N) is 3. The monoisotopic (exact) mass is 605 g/mol. The number of benzene rings is 2. The third-order valence-corrected chi connectivity index (χ3v) is 10.1. The number of hydrogen-bond acceptors (Lipinski definition) is 6. The van der Waals surface area contributed by atoms with Gasteiger partial charge in [-0.25, -0.2) is 0 Å². The van der Waals surface area contributed by atoms with Crippen molar-refractivity contribution in [3.8, 4) is 0 Å². The maximum atomic E-state index is 14.2. The molecule has 5 aliphatic rings. The number of aromatic nitrogens is 1. The first kappa shape index (κ1) is 29.7. The number of piperazine rings is 1. The molecule has 1 aromatic heterocycles. The largest absolute Gasteiger partial charge is 1.00 e. The molecule has 224 valence electrons. The van der Waals surface area contributed by atoms with E-state index in [1.54, 1.807) is 4.90 Å². The van der Waals surface area contributed by atoms with Crippen molar-refractivity contribution in [3.05, 3.63) is 77.5 Å². The van der Waals surface area contributed by atoms with Crippen LogP contribution in [0, 0.1) is 5.92 Å². The molecule has 0 bridgehead atoms. The second kappa shape index (κ2) is 10.5. The molecule has 8 rings (SSSR count). The minimum atomic E-state index is -2.04. The fourth-order valence-corrected chi connectivity index (χ4v) is 8.12. The zero-order valence-electron chi connectivity index (χ0n) is 26.2. The van der Waals surface area contributed by atoms with Crippen molar-refractivity contribution in [1.29, 1.82) is 0 Å². The molecule has 3 amide bonds. The zero-order valence-corrected chi connectivity index (χ0v) is 27.2. The Balaban J connectivity index is 0.00000179. The molecule has 44 heavy (non-hydrogen) atoms. The van der Waals surface area contributed by atoms with E-state index in [1.165, 1.54) is 22.8 Å². The van der Waals surface area contributed by atoms with Crippen molar-refractivity contribution < 1.29 is 55.2 Å². The topological polar surface area (TPSA) is 118 Å². The third-order valence-electron chi connectivity index (χ3n) is 10.1. The molecule has 0 radical (unpaired) electrons. The number of aliphatic hydroxyl groups is 1. The van der Waals surface area contributed by atoms with Crippen molar-refractivity contribution in [1.82, 2.24) is 25.0 Å². The summed E-state index contributed by atoms with van der Waals surface area (Å²) in [5, 5.41) is 16.1. The summed E-state index contributed by atoms with van der Waals surface area (Å²) in [5.74, 6) is -3.77. The van der Waals surface area contributed by atoms with Crippen molar-refractivity contribution in [2.75, 3.05) is 20.1 Å². The SMILES string of the molecule is CN1C[C@H](C(=O)N[C@]2(C)O[C@@]3(O)[C@@H]4CCCN4C(=O)[C@H](Cc4ccccc4)N3C2=O)C=C2c3cccc4[nH]cc(c34)C[C@H]21.[H-].[Na+]. The molecule has 0 unspecified atom stereocenters. The number of nitrogens with one attached hydrogen (secondary N) is 2. The van der Waals surface area contributed by atoms with E-state index in [-0.39, 0.29) is 55.3 Å². The average Bonchev–Trinajstić information content (AvgIpc) is 3.70. The van der Waals surface area contributed by atoms with Crippen molar-refractivity contribution >= 4 is 34.2 Å². The summed E-state index contributed by atoms with van der Waals surface area (Å²) in [7, 11) is 2.02. The van der Waals surface area contributed by atoms with Crippen LogP contribution in [0.4, 0.5) is 0 Å². The Bertz CT molecular complexity index is 1720. The number of ether oxygens (including phenoxy) is 1. The van der Waals surface area contributed by atoms with E-state index in [0.717, 1.165) is 28.6 Å². The van der Waals surface area contributed by atoms with Gasteiger partial charge in [-0.05, 0) is 61.6 Å². The van der Waals surface area contributed by atoms with Gasteiger partial charge in [0, 0.05) is 42.7 Å². The molecule has 3 N–H and O–H groups in total. The number of likely N-dealkylation sites (N-methyl/N-ethyl adjacent to an activating group) is 1. The van der Waals surface area contributed by atoms with Crippen molar-refractivity contribution in [2.45, 2.75) is 62.4 Å². The number of aromatic amines is 1. The Labute approximate surface area is 279 Å². The van der Waals surface area contributed by atoms with Crippen LogP contribution in [0.5, 0.6) is 0 Å². The number of carbonyl (C=O) groups excluding carboxylic acids is 3. The van der Waals surface area contributed by atoms with Crippen LogP contribution in [0.2, 0.25) is 0 Å². The first-order valence-electron chi connectivity index (χ1n) is 15.1. The summed E-state index contributed by atoms with van der Waals surface area (Å²) in [5.41, 5.74) is 3.58. The predicted molar refractivity (Wildman–Crippen MR) is 159 cm³/mol. The van der Waals surface area contributed by atoms with E-state index in [4.69, 9.17) is 4.74 Å². The maximum absolute atomic E-state index is 14.2. The van der Waals surface area contributed by atoms with Crippen LogP contribution in [0.25, 0.3) is 16.5 Å². The molecule has 5 heterocycles. The summed E-state index contributed by atoms with van der Waals surface area (Å²) < 4.78 is 6.23. The Morgan fingerprint density at radius 3 is 2.77 bits per heavy atom. The van der Waals surface area contributed by atoms with Crippen LogP contribution in [0.3, 0.4) is 0 Å². The number of rotatable bonds is 4. The van der Waals surface area contributed by atoms with Crippen LogP contribution in [-0.2, 0) is 32.0 Å². The van der Waals surface area contributed by atoms with E-state index in [9.17, 15) is 19.5 Å². The van der Waals surface area contributed by atoms with Crippen molar-refractivity contribution in [2.24, 2.45) is 5.92 Å². The molecule has 3 aromatic rings. The van der Waals surface area contributed by atoms with Gasteiger partial charge in [-0.3, -0.25) is 28.9 Å². The van der Waals surface area contributed by atoms with Crippen LogP contribution in [0.15, 0.2) is 60.8 Å². The standard InChI is InChI=1S/C33H35N5O5.Na.H/c1-32(35-29(39)21-15-23-22-10-6-11-24-28(22)20(17-34-24)16-25(23)36(2)18-21)31(41)38-26(14-19-8-4-3-5-9-19)30(40)37-13-7-12-27(37)33(38,42)43-32;;/h3-6,8-11,15,17,21,25-27,34,42H,7,12-14,16,18H2,1-2H3,(H,35,39);;/q;+1;-1/t21-,25-,26+,27+,32-,33+;;/m1../s1. The van der Waals surface area contributed by atoms with Gasteiger partial charge in [0.15, 0.2) is 0 Å². The Hall–Kier alpha value is -2.99. The van der Waals surface area contributed by atoms with E-state index >= 15 is 0 Å². The fourth-order valence-electron chi connectivity index (χ4n) is 8.12. The van der Waals surface area contributed by atoms with Gasteiger partial charge in [-0.1, -0.05) is 48.5 Å². The van der Waals surface area contributed by atoms with Crippen LogP contribution in [-0.4, -0.2) is 92.4 Å². The van der Waals surface area contributed by atoms with Gasteiger partial charge in [0.05, 0.1) is 5.92 Å². The molecule has 0 spiro atoms. The van der Waals surface area contributed by atoms with Crippen LogP contribution in [0.1, 0.15) is 37.9 Å². The molecule has 2 aromatic carbocycles. The van der Waals surface area contributed by atoms with Gasteiger partial charge in [0.1, 0.15) is 12.1 Å². The molecule has 6 atom stereocenters. The smallest absolute Gasteiger partial charge is 1.00 e. The summed E-state index contributed by atoms with van der Waals surface area (Å²) in [6, 6.07) is 14.1. The number of hydrogen-bond donors (Lipinski definition) is 3. The second-order valence-corrected chi connectivity index (χ2v) is 12.8. The van der Waals surface area contributed by atoms with E-state index in [2.05, 4.69) is 33.5 Å². The molecule has 3 fully saturated rings. The predicted octanol–water partition coefficient (Wildman–Crippen LogP) is -0.893. The summed E-state index contributed by atoms with van der Waals surface area (Å²) in [6.45, 7) is 2.45. The van der Waals surface area contributed by atoms with E-state index < -0.39 is 35.5 Å². The summed E-state index contributed by atoms with van der Waals surface area (Å²) in [6.07, 6.45) is 6.38. The molecular formula is C33H36N5NaO5. The zero-order chi connectivity index (χ0) is 29.7. The summed E-state index contributed by atoms with van der Waals surface area (Å²) >= 11 is 0. The van der Waals surface area contributed by atoms with Gasteiger partial charge in [0.25, 0.3) is 11.8 Å². The van der Waals surface area contributed by atoms with Gasteiger partial charge in [0.2, 0.25) is 17.5 Å². The van der Waals surface area contributed by atoms with E-state index in [0.29, 0.717) is 25.9 Å². The molecular weight excluding hydrogens is 569 g/mol. The normalized spacial score (nSPS) is 32.6. The Morgan fingerprint density at radius 1 is 1.18 bits per heavy atom. The van der Waals surface area contributed by atoms with Crippen molar-refractivity contribution in [3.63, 3.8) is 0 Å². The third kappa shape index (κ3) is 4.26. The number of carbonyl (C=O) groups is 3. The van der Waals surface area contributed by atoms with Crippen LogP contribution < -0.4 is 34.9 Å². The first-order chi connectivity index (χ1) is 20.7. The summed E-state index contributed by atoms with van der Waals surface area (Å²) in [4.78, 5) is 50.2. The van der Waals surface area contributed by atoms with Crippen LogP contribution >= 0.6 is 0 Å². The molecule has 4 aliphatic heterocycles. The van der Waals surface area contributed by atoms with Gasteiger partial charge >= 0.3 is 29.6 Å².